The number of esters is 1. The van der Waals surface area contributed by atoms with Gasteiger partial charge in [-0.15, -0.1) is 0 Å². The molecule has 0 aromatic carbocycles. The van der Waals surface area contributed by atoms with E-state index in [1.165, 1.54) is 6.08 Å². The summed E-state index contributed by atoms with van der Waals surface area (Å²) in [6.07, 6.45) is 9.25. The Hall–Kier alpha value is -1.43. The molecule has 3 unspecified atom stereocenters. The van der Waals surface area contributed by atoms with Crippen molar-refractivity contribution in [2.75, 3.05) is 6.61 Å². The number of allylic oxidation sites excluding steroid dienone is 2. The lowest BCUT2D eigenvalue weighted by molar-refractivity contribution is -0.183. The number of carbonyl (C=O) groups excluding carboxylic acids is 1. The van der Waals surface area contributed by atoms with Gasteiger partial charge in [-0.2, -0.15) is 0 Å². The van der Waals surface area contributed by atoms with E-state index in [1.807, 2.05) is 46.8 Å². The number of ether oxygens (including phenoxy) is 3. The Morgan fingerprint density at radius 1 is 1.29 bits per heavy atom. The van der Waals surface area contributed by atoms with Gasteiger partial charge in [0.2, 0.25) is 0 Å². The van der Waals surface area contributed by atoms with Crippen LogP contribution in [0.15, 0.2) is 35.5 Å². The van der Waals surface area contributed by atoms with Crippen molar-refractivity contribution >= 4 is 5.97 Å². The number of carbonyl (C=O) groups is 1. The minimum atomic E-state index is -1.17. The Morgan fingerprint density at radius 3 is 2.39 bits per heavy atom. The standard InChI is InChI=1S/C23H36O5/c1-8-10-19(13-20(24)26-9-2)11-12-23(25)16(3)14-22(15-21(23,6)7)27-17(4)18(5)28-22/h11-14,17-18,25H,8-10,15H2,1-7H3. The van der Waals surface area contributed by atoms with Crippen molar-refractivity contribution in [3.63, 3.8) is 0 Å². The molecule has 0 saturated carbocycles. The summed E-state index contributed by atoms with van der Waals surface area (Å²) in [4.78, 5) is 11.8. The van der Waals surface area contributed by atoms with E-state index < -0.39 is 16.8 Å². The molecule has 2 aliphatic rings. The molecule has 1 N–H and O–H groups in total. The van der Waals surface area contributed by atoms with Crippen molar-refractivity contribution < 1.29 is 24.1 Å². The topological polar surface area (TPSA) is 65.0 Å². The van der Waals surface area contributed by atoms with Gasteiger partial charge in [-0.3, -0.25) is 0 Å². The van der Waals surface area contributed by atoms with Crippen LogP contribution in [-0.4, -0.2) is 41.3 Å². The van der Waals surface area contributed by atoms with E-state index in [2.05, 4.69) is 6.92 Å². The molecule has 28 heavy (non-hydrogen) atoms. The van der Waals surface area contributed by atoms with Crippen LogP contribution in [0.25, 0.3) is 0 Å². The van der Waals surface area contributed by atoms with Gasteiger partial charge in [0.1, 0.15) is 5.60 Å². The third-order valence-electron chi connectivity index (χ3n) is 5.86. The second-order valence-electron chi connectivity index (χ2n) is 8.67. The summed E-state index contributed by atoms with van der Waals surface area (Å²) >= 11 is 0. The zero-order chi connectivity index (χ0) is 21.2. The zero-order valence-electron chi connectivity index (χ0n) is 18.4. The van der Waals surface area contributed by atoms with Gasteiger partial charge in [0, 0.05) is 17.9 Å². The molecule has 1 heterocycles. The van der Waals surface area contributed by atoms with E-state index in [0.717, 1.165) is 24.0 Å². The largest absolute Gasteiger partial charge is 0.463 e. The summed E-state index contributed by atoms with van der Waals surface area (Å²) in [7, 11) is 0. The molecule has 0 amide bonds. The lowest BCUT2D eigenvalue weighted by atomic mass is 9.63. The van der Waals surface area contributed by atoms with E-state index in [0.29, 0.717) is 13.0 Å². The van der Waals surface area contributed by atoms with Gasteiger partial charge in [-0.25, -0.2) is 4.79 Å². The molecule has 0 radical (unpaired) electrons. The van der Waals surface area contributed by atoms with Crippen LogP contribution in [0.5, 0.6) is 0 Å². The molecule has 0 aromatic rings. The predicted octanol–water partition coefficient (Wildman–Crippen LogP) is 4.46. The van der Waals surface area contributed by atoms with Gasteiger partial charge < -0.3 is 19.3 Å². The van der Waals surface area contributed by atoms with Crippen molar-refractivity contribution in [1.29, 1.82) is 0 Å². The first-order chi connectivity index (χ1) is 13.0. The lowest BCUT2D eigenvalue weighted by Crippen LogP contribution is -2.53. The van der Waals surface area contributed by atoms with Crippen LogP contribution < -0.4 is 0 Å². The fourth-order valence-electron chi connectivity index (χ4n) is 4.19. The molecular weight excluding hydrogens is 356 g/mol. The Labute approximate surface area is 169 Å². The van der Waals surface area contributed by atoms with E-state index in [9.17, 15) is 9.90 Å². The van der Waals surface area contributed by atoms with Crippen LogP contribution in [0.4, 0.5) is 0 Å². The molecule has 1 aliphatic carbocycles. The second kappa shape index (κ2) is 8.52. The molecule has 0 aromatic heterocycles. The molecule has 5 nitrogen and oxygen atoms in total. The van der Waals surface area contributed by atoms with Gasteiger partial charge >= 0.3 is 5.97 Å². The molecule has 0 bridgehead atoms. The van der Waals surface area contributed by atoms with Gasteiger partial charge in [0.15, 0.2) is 5.79 Å². The van der Waals surface area contributed by atoms with Gasteiger partial charge in [-0.1, -0.05) is 33.3 Å². The summed E-state index contributed by atoms with van der Waals surface area (Å²) in [6.45, 7) is 14.1. The van der Waals surface area contributed by atoms with Crippen LogP contribution in [-0.2, 0) is 19.0 Å². The number of aliphatic hydroxyl groups is 1. The molecule has 1 aliphatic heterocycles. The van der Waals surface area contributed by atoms with Gasteiger partial charge in [0.25, 0.3) is 0 Å². The first kappa shape index (κ1) is 22.9. The first-order valence-electron chi connectivity index (χ1n) is 10.3. The quantitative estimate of drug-likeness (QED) is 0.313. The molecular formula is C23H36O5. The van der Waals surface area contributed by atoms with Crippen LogP contribution in [0, 0.1) is 5.41 Å². The molecule has 5 heteroatoms. The van der Waals surface area contributed by atoms with Crippen LogP contribution in [0.3, 0.4) is 0 Å². The van der Waals surface area contributed by atoms with Crippen LogP contribution >= 0.6 is 0 Å². The monoisotopic (exact) mass is 392 g/mol. The van der Waals surface area contributed by atoms with E-state index in [4.69, 9.17) is 14.2 Å². The lowest BCUT2D eigenvalue weighted by Gasteiger charge is -2.49. The van der Waals surface area contributed by atoms with Gasteiger partial charge in [-0.05, 0) is 57.4 Å². The highest BCUT2D eigenvalue weighted by molar-refractivity contribution is 5.83. The van der Waals surface area contributed by atoms with Crippen molar-refractivity contribution in [2.24, 2.45) is 5.41 Å². The number of rotatable bonds is 6. The first-order valence-corrected chi connectivity index (χ1v) is 10.3. The highest BCUT2D eigenvalue weighted by Gasteiger charge is 2.56. The smallest absolute Gasteiger partial charge is 0.331 e. The predicted molar refractivity (Wildman–Crippen MR) is 110 cm³/mol. The van der Waals surface area contributed by atoms with Gasteiger partial charge in [0.05, 0.1) is 18.8 Å². The van der Waals surface area contributed by atoms with E-state index >= 15 is 0 Å². The Kier molecular flexibility index (Phi) is 6.95. The Morgan fingerprint density at radius 2 is 1.89 bits per heavy atom. The fraction of sp³-hybridized carbons (Fsp3) is 0.696. The summed E-state index contributed by atoms with van der Waals surface area (Å²) < 4.78 is 17.3. The SMILES string of the molecule is CCCC(C=CC1(O)C(C)=CC2(CC1(C)C)OC(C)C(C)O2)=CC(=O)OCC. The van der Waals surface area contributed by atoms with Crippen LogP contribution in [0.2, 0.25) is 0 Å². The van der Waals surface area contributed by atoms with Crippen molar-refractivity contribution in [3.05, 3.63) is 35.5 Å². The molecule has 1 spiro atoms. The number of hydrogen-bond acceptors (Lipinski definition) is 5. The maximum absolute atomic E-state index is 11.8. The highest BCUT2D eigenvalue weighted by Crippen LogP contribution is 2.52. The summed E-state index contributed by atoms with van der Waals surface area (Å²) in [5, 5.41) is 11.6. The second-order valence-corrected chi connectivity index (χ2v) is 8.67. The molecule has 2 rings (SSSR count). The number of hydrogen-bond donors (Lipinski definition) is 1. The fourth-order valence-corrected chi connectivity index (χ4v) is 4.19. The van der Waals surface area contributed by atoms with Crippen LogP contribution in [0.1, 0.15) is 67.7 Å². The molecule has 1 fully saturated rings. The van der Waals surface area contributed by atoms with Crippen molar-refractivity contribution in [1.82, 2.24) is 0 Å². The highest BCUT2D eigenvalue weighted by atomic mass is 16.8. The maximum atomic E-state index is 11.8. The third kappa shape index (κ3) is 4.58. The third-order valence-corrected chi connectivity index (χ3v) is 5.86. The summed E-state index contributed by atoms with van der Waals surface area (Å²) in [6, 6.07) is 0. The van der Waals surface area contributed by atoms with E-state index in [-0.39, 0.29) is 18.2 Å². The summed E-state index contributed by atoms with van der Waals surface area (Å²) in [5.41, 5.74) is -0.0586. The zero-order valence-corrected chi connectivity index (χ0v) is 18.4. The van der Waals surface area contributed by atoms with E-state index in [1.54, 1.807) is 13.0 Å². The minimum Gasteiger partial charge on any atom is -0.463 e. The minimum absolute atomic E-state index is 0.00486. The maximum Gasteiger partial charge on any atom is 0.331 e. The van der Waals surface area contributed by atoms with Crippen molar-refractivity contribution in [2.45, 2.75) is 91.3 Å². The Bertz CT molecular complexity index is 662. The normalized spacial score (nSPS) is 35.4. The Balaban J connectivity index is 2.35. The average Bonchev–Trinajstić information content (AvgIpc) is 2.84. The summed E-state index contributed by atoms with van der Waals surface area (Å²) in [5.74, 6) is -1.15. The molecule has 1 saturated heterocycles. The van der Waals surface area contributed by atoms with Crippen molar-refractivity contribution in [3.8, 4) is 0 Å². The average molecular weight is 393 g/mol. The molecule has 158 valence electrons. The molecule has 3 atom stereocenters.